The van der Waals surface area contributed by atoms with E-state index in [4.69, 9.17) is 9.31 Å². The first-order valence-corrected chi connectivity index (χ1v) is 8.26. The maximum absolute atomic E-state index is 9.85. The van der Waals surface area contributed by atoms with Crippen molar-refractivity contribution in [2.45, 2.75) is 45.8 Å². The molecular formula is C19H24BNO3. The lowest BCUT2D eigenvalue weighted by molar-refractivity contribution is 0.00578. The summed E-state index contributed by atoms with van der Waals surface area (Å²) >= 11 is 0. The predicted octanol–water partition coefficient (Wildman–Crippen LogP) is 3.55. The average Bonchev–Trinajstić information content (AvgIpc) is 2.75. The van der Waals surface area contributed by atoms with Crippen LogP contribution in [-0.2, 0) is 9.31 Å². The number of aryl methyl sites for hydroxylation is 1. The van der Waals surface area contributed by atoms with E-state index in [1.165, 1.54) is 0 Å². The lowest BCUT2D eigenvalue weighted by Crippen LogP contribution is -2.41. The van der Waals surface area contributed by atoms with Crippen molar-refractivity contribution in [3.8, 4) is 0 Å². The smallest absolute Gasteiger partial charge is 0.400 e. The van der Waals surface area contributed by atoms with E-state index in [0.29, 0.717) is 5.47 Å². The van der Waals surface area contributed by atoms with Crippen LogP contribution in [0.5, 0.6) is 0 Å². The first kappa shape index (κ1) is 17.1. The third kappa shape index (κ3) is 2.88. The Labute approximate surface area is 143 Å². The van der Waals surface area contributed by atoms with Crippen molar-refractivity contribution in [3.05, 3.63) is 47.1 Å². The summed E-state index contributed by atoms with van der Waals surface area (Å²) in [7, 11) is -0.543. The fraction of sp³-hybridized carbons (Fsp3) is 0.421. The molecule has 1 fully saturated rings. The van der Waals surface area contributed by atoms with Gasteiger partial charge in [0.15, 0.2) is 0 Å². The first-order valence-electron chi connectivity index (χ1n) is 8.26. The van der Waals surface area contributed by atoms with Crippen LogP contribution in [0.25, 0.3) is 17.0 Å². The van der Waals surface area contributed by atoms with Crippen LogP contribution in [0.2, 0.25) is 0 Å². The molecule has 0 saturated carbocycles. The molecule has 126 valence electrons. The Kier molecular flexibility index (Phi) is 4.28. The van der Waals surface area contributed by atoms with Crippen LogP contribution in [0.15, 0.2) is 35.9 Å². The zero-order valence-corrected chi connectivity index (χ0v) is 15.0. The van der Waals surface area contributed by atoms with Crippen LogP contribution in [-0.4, -0.2) is 35.0 Å². The highest BCUT2D eigenvalue weighted by Crippen LogP contribution is 2.39. The van der Waals surface area contributed by atoms with Gasteiger partial charge in [-0.3, -0.25) is 4.98 Å². The molecule has 1 aromatic heterocycles. The number of aliphatic hydroxyl groups is 1. The summed E-state index contributed by atoms with van der Waals surface area (Å²) in [6.07, 6.45) is 3.75. The van der Waals surface area contributed by atoms with Gasteiger partial charge < -0.3 is 14.4 Å². The number of hydrogen-bond donors (Lipinski definition) is 1. The highest BCUT2D eigenvalue weighted by atomic mass is 16.7. The van der Waals surface area contributed by atoms with Gasteiger partial charge in [0.05, 0.1) is 23.3 Å². The fourth-order valence-electron chi connectivity index (χ4n) is 2.85. The summed E-state index contributed by atoms with van der Waals surface area (Å²) in [4.78, 5) is 4.46. The third-order valence-electron chi connectivity index (χ3n) is 5.15. The molecule has 5 heteroatoms. The topological polar surface area (TPSA) is 51.6 Å². The molecule has 0 aliphatic carbocycles. The van der Waals surface area contributed by atoms with Gasteiger partial charge in [-0.05, 0) is 57.3 Å². The molecule has 0 bridgehead atoms. The van der Waals surface area contributed by atoms with E-state index in [2.05, 4.69) is 4.98 Å². The van der Waals surface area contributed by atoms with Gasteiger partial charge in [0, 0.05) is 11.6 Å². The molecule has 0 amide bonds. The lowest BCUT2D eigenvalue weighted by Gasteiger charge is -2.32. The first-order chi connectivity index (χ1) is 11.2. The van der Waals surface area contributed by atoms with Crippen molar-refractivity contribution < 1.29 is 14.4 Å². The van der Waals surface area contributed by atoms with E-state index in [1.54, 1.807) is 6.20 Å². The van der Waals surface area contributed by atoms with Crippen molar-refractivity contribution in [2.24, 2.45) is 0 Å². The molecule has 0 radical (unpaired) electrons. The molecule has 2 aromatic rings. The van der Waals surface area contributed by atoms with Crippen molar-refractivity contribution >= 4 is 24.1 Å². The molecule has 1 N–H and O–H groups in total. The number of hydrogen-bond acceptors (Lipinski definition) is 4. The number of rotatable bonds is 3. The minimum atomic E-state index is -0.543. The molecule has 3 rings (SSSR count). The monoisotopic (exact) mass is 325 g/mol. The van der Waals surface area contributed by atoms with Gasteiger partial charge in [-0.1, -0.05) is 24.3 Å². The van der Waals surface area contributed by atoms with Crippen molar-refractivity contribution in [1.29, 1.82) is 0 Å². The number of aliphatic hydroxyl groups excluding tert-OH is 1. The number of nitrogens with zero attached hydrogens (tertiary/aromatic N) is 1. The van der Waals surface area contributed by atoms with Gasteiger partial charge in [-0.15, -0.1) is 0 Å². The minimum Gasteiger partial charge on any atom is -0.400 e. The molecule has 1 saturated heterocycles. The second-order valence-corrected chi connectivity index (χ2v) is 7.32. The maximum Gasteiger partial charge on any atom is 0.492 e. The highest BCUT2D eigenvalue weighted by molar-refractivity contribution is 6.55. The Morgan fingerprint density at radius 2 is 1.83 bits per heavy atom. The summed E-state index contributed by atoms with van der Waals surface area (Å²) in [5.41, 5.74) is 2.93. The maximum atomic E-state index is 9.85. The summed E-state index contributed by atoms with van der Waals surface area (Å²) in [5.74, 6) is 0. The SMILES string of the molecule is Cc1c(C=C(CO)B2OC(C)(C)C(C)(C)O2)ccc2cccnc12. The zero-order valence-electron chi connectivity index (χ0n) is 15.0. The van der Waals surface area contributed by atoms with Gasteiger partial charge >= 0.3 is 7.12 Å². The van der Waals surface area contributed by atoms with Gasteiger partial charge in [0.1, 0.15) is 0 Å². The van der Waals surface area contributed by atoms with E-state index >= 15 is 0 Å². The number of aromatic nitrogens is 1. The Balaban J connectivity index is 1.99. The molecule has 0 atom stereocenters. The second kappa shape index (κ2) is 5.99. The van der Waals surface area contributed by atoms with Gasteiger partial charge in [-0.2, -0.15) is 0 Å². The number of benzene rings is 1. The largest absolute Gasteiger partial charge is 0.492 e. The molecule has 2 heterocycles. The Morgan fingerprint density at radius 1 is 1.17 bits per heavy atom. The van der Waals surface area contributed by atoms with E-state index in [1.807, 2.05) is 65.0 Å². The molecule has 4 nitrogen and oxygen atoms in total. The van der Waals surface area contributed by atoms with E-state index in [-0.39, 0.29) is 6.61 Å². The number of fused-ring (bicyclic) bond motifs is 1. The Bertz CT molecular complexity index is 782. The molecule has 24 heavy (non-hydrogen) atoms. The normalized spacial score (nSPS) is 19.9. The van der Waals surface area contributed by atoms with Gasteiger partial charge in [0.2, 0.25) is 0 Å². The molecule has 0 spiro atoms. The average molecular weight is 325 g/mol. The van der Waals surface area contributed by atoms with Crippen molar-refractivity contribution in [3.63, 3.8) is 0 Å². The predicted molar refractivity (Wildman–Crippen MR) is 97.6 cm³/mol. The Hall–Kier alpha value is -1.69. The molecule has 1 aliphatic rings. The summed E-state index contributed by atoms with van der Waals surface area (Å²) in [6, 6.07) is 8.06. The quantitative estimate of drug-likeness (QED) is 0.877. The van der Waals surface area contributed by atoms with Crippen LogP contribution in [0, 0.1) is 6.92 Å². The minimum absolute atomic E-state index is 0.115. The van der Waals surface area contributed by atoms with Crippen molar-refractivity contribution in [1.82, 2.24) is 4.98 Å². The van der Waals surface area contributed by atoms with Crippen LogP contribution in [0.3, 0.4) is 0 Å². The second-order valence-electron chi connectivity index (χ2n) is 7.32. The van der Waals surface area contributed by atoms with Crippen molar-refractivity contribution in [2.75, 3.05) is 6.61 Å². The van der Waals surface area contributed by atoms with E-state index in [9.17, 15) is 5.11 Å². The van der Waals surface area contributed by atoms with Crippen LogP contribution in [0.4, 0.5) is 0 Å². The zero-order chi connectivity index (χ0) is 17.5. The van der Waals surface area contributed by atoms with Gasteiger partial charge in [0.25, 0.3) is 0 Å². The summed E-state index contributed by atoms with van der Waals surface area (Å²) in [5, 5.41) is 11.0. The molecule has 1 aliphatic heterocycles. The fourth-order valence-corrected chi connectivity index (χ4v) is 2.85. The van der Waals surface area contributed by atoms with Crippen LogP contribution < -0.4 is 0 Å². The van der Waals surface area contributed by atoms with E-state index in [0.717, 1.165) is 22.0 Å². The molecule has 1 aromatic carbocycles. The van der Waals surface area contributed by atoms with E-state index < -0.39 is 18.3 Å². The van der Waals surface area contributed by atoms with Gasteiger partial charge in [-0.25, -0.2) is 0 Å². The van der Waals surface area contributed by atoms with Crippen LogP contribution >= 0.6 is 0 Å². The highest BCUT2D eigenvalue weighted by Gasteiger charge is 2.52. The van der Waals surface area contributed by atoms with Crippen LogP contribution in [0.1, 0.15) is 38.8 Å². The standard InChI is InChI=1S/C19H24BNO3/c1-13-15(9-8-14-7-6-10-21-17(13)14)11-16(12-22)20-23-18(2,3)19(4,5)24-20/h6-11,22H,12H2,1-5H3. The summed E-state index contributed by atoms with van der Waals surface area (Å²) in [6.45, 7) is 9.96. The third-order valence-corrected chi connectivity index (χ3v) is 5.15. The summed E-state index contributed by atoms with van der Waals surface area (Å²) < 4.78 is 12.1. The molecule has 0 unspecified atom stereocenters. The lowest BCUT2D eigenvalue weighted by atomic mass is 9.77. The molecular weight excluding hydrogens is 301 g/mol. The Morgan fingerprint density at radius 3 is 2.46 bits per heavy atom. The number of pyridine rings is 1.